The maximum absolute atomic E-state index is 6.18. The Morgan fingerprint density at radius 2 is 1.75 bits per heavy atom. The Balaban J connectivity index is 1.77. The van der Waals surface area contributed by atoms with Gasteiger partial charge in [0.25, 0.3) is 0 Å². The monoisotopic (exact) mass is 360 g/mol. The van der Waals surface area contributed by atoms with Crippen LogP contribution in [0.5, 0.6) is 5.75 Å². The summed E-state index contributed by atoms with van der Waals surface area (Å²) in [7, 11) is 1.63. The molecule has 0 saturated heterocycles. The Kier molecular flexibility index (Phi) is 5.03. The Morgan fingerprint density at radius 1 is 0.958 bits per heavy atom. The third kappa shape index (κ3) is 3.88. The van der Waals surface area contributed by atoms with Gasteiger partial charge in [0.05, 0.1) is 22.8 Å². The molecule has 0 aliphatic rings. The molecular weight excluding hydrogens is 347 g/mol. The highest BCUT2D eigenvalue weighted by atomic mass is 35.5. The molecule has 2 N–H and O–H groups in total. The topological polar surface area (TPSA) is 59.1 Å². The van der Waals surface area contributed by atoms with Crippen molar-refractivity contribution in [1.82, 2.24) is 9.97 Å². The fraction of sp³-hybridized carbons (Fsp3) is 0.0588. The molecule has 0 fully saturated rings. The van der Waals surface area contributed by atoms with E-state index in [4.69, 9.17) is 27.9 Å². The van der Waals surface area contributed by atoms with E-state index in [1.165, 1.54) is 0 Å². The predicted molar refractivity (Wildman–Crippen MR) is 98.1 cm³/mol. The molecule has 3 rings (SSSR count). The Bertz CT molecular complexity index is 840. The zero-order valence-electron chi connectivity index (χ0n) is 12.8. The van der Waals surface area contributed by atoms with Crippen molar-refractivity contribution in [3.63, 3.8) is 0 Å². The van der Waals surface area contributed by atoms with Crippen molar-refractivity contribution in [3.8, 4) is 5.75 Å². The van der Waals surface area contributed by atoms with Gasteiger partial charge in [-0.25, -0.2) is 4.98 Å². The molecule has 122 valence electrons. The zero-order valence-corrected chi connectivity index (χ0v) is 14.3. The van der Waals surface area contributed by atoms with Gasteiger partial charge in [-0.3, -0.25) is 0 Å². The van der Waals surface area contributed by atoms with Crippen molar-refractivity contribution >= 4 is 46.3 Å². The lowest BCUT2D eigenvalue weighted by Gasteiger charge is -2.10. The first kappa shape index (κ1) is 16.4. The number of ether oxygens (including phenoxy) is 1. The SMILES string of the molecule is COc1ccc(Nc2nccc(Nc3cccc(Cl)c3Cl)n2)cc1. The number of benzene rings is 2. The van der Waals surface area contributed by atoms with Gasteiger partial charge in [0.15, 0.2) is 0 Å². The molecule has 0 atom stereocenters. The number of methoxy groups -OCH3 is 1. The normalized spacial score (nSPS) is 10.3. The fourth-order valence-electron chi connectivity index (χ4n) is 2.03. The lowest BCUT2D eigenvalue weighted by atomic mass is 10.3. The summed E-state index contributed by atoms with van der Waals surface area (Å²) in [4.78, 5) is 8.62. The molecule has 2 aromatic carbocycles. The lowest BCUT2D eigenvalue weighted by Crippen LogP contribution is -2.00. The molecule has 24 heavy (non-hydrogen) atoms. The number of anilines is 4. The quantitative estimate of drug-likeness (QED) is 0.648. The van der Waals surface area contributed by atoms with Crippen LogP contribution in [0.3, 0.4) is 0 Å². The Hall–Kier alpha value is -2.50. The van der Waals surface area contributed by atoms with Crippen LogP contribution in [0.15, 0.2) is 54.7 Å². The van der Waals surface area contributed by atoms with Crippen LogP contribution in [-0.4, -0.2) is 17.1 Å². The van der Waals surface area contributed by atoms with Crippen LogP contribution < -0.4 is 15.4 Å². The molecule has 7 heteroatoms. The number of aromatic nitrogens is 2. The number of nitrogens with one attached hydrogen (secondary N) is 2. The summed E-state index contributed by atoms with van der Waals surface area (Å²) in [6.45, 7) is 0. The van der Waals surface area contributed by atoms with E-state index in [-0.39, 0.29) is 0 Å². The van der Waals surface area contributed by atoms with Crippen molar-refractivity contribution in [2.24, 2.45) is 0 Å². The average molecular weight is 361 g/mol. The average Bonchev–Trinajstić information content (AvgIpc) is 2.60. The van der Waals surface area contributed by atoms with E-state index in [0.717, 1.165) is 11.4 Å². The van der Waals surface area contributed by atoms with Gasteiger partial charge >= 0.3 is 0 Å². The highest BCUT2D eigenvalue weighted by Crippen LogP contribution is 2.31. The zero-order chi connectivity index (χ0) is 16.9. The molecule has 0 aliphatic carbocycles. The summed E-state index contributed by atoms with van der Waals surface area (Å²) in [5.41, 5.74) is 1.53. The minimum atomic E-state index is 0.447. The molecule has 1 aromatic heterocycles. The van der Waals surface area contributed by atoms with Crippen molar-refractivity contribution in [2.45, 2.75) is 0 Å². The minimum Gasteiger partial charge on any atom is -0.497 e. The third-order valence-electron chi connectivity index (χ3n) is 3.22. The van der Waals surface area contributed by atoms with E-state index < -0.39 is 0 Å². The first-order valence-corrected chi connectivity index (χ1v) is 7.86. The molecule has 5 nitrogen and oxygen atoms in total. The molecule has 0 saturated carbocycles. The van der Waals surface area contributed by atoms with Gasteiger partial charge < -0.3 is 15.4 Å². The summed E-state index contributed by atoms with van der Waals surface area (Å²) in [6, 6.07) is 14.6. The summed E-state index contributed by atoms with van der Waals surface area (Å²) < 4.78 is 5.13. The second kappa shape index (κ2) is 7.38. The Morgan fingerprint density at radius 3 is 2.50 bits per heavy atom. The summed E-state index contributed by atoms with van der Waals surface area (Å²) in [5, 5.41) is 7.19. The number of hydrogen-bond donors (Lipinski definition) is 2. The predicted octanol–water partition coefficient (Wildman–Crippen LogP) is 5.28. The van der Waals surface area contributed by atoms with Crippen molar-refractivity contribution in [2.75, 3.05) is 17.7 Å². The number of halogens is 2. The standard InChI is InChI=1S/C17H14Cl2N4O/c1-24-12-7-5-11(6-8-12)21-17-20-10-9-15(23-17)22-14-4-2-3-13(18)16(14)19/h2-10H,1H3,(H2,20,21,22,23). The van der Waals surface area contributed by atoms with Gasteiger partial charge in [0.1, 0.15) is 11.6 Å². The molecule has 1 heterocycles. The van der Waals surface area contributed by atoms with E-state index in [9.17, 15) is 0 Å². The molecule has 3 aromatic rings. The second-order valence-electron chi connectivity index (χ2n) is 4.85. The molecule has 0 aliphatic heterocycles. The third-order valence-corrected chi connectivity index (χ3v) is 4.03. The van der Waals surface area contributed by atoms with Crippen LogP contribution >= 0.6 is 23.2 Å². The van der Waals surface area contributed by atoms with Crippen LogP contribution in [0.2, 0.25) is 10.0 Å². The van der Waals surface area contributed by atoms with E-state index >= 15 is 0 Å². The van der Waals surface area contributed by atoms with Crippen LogP contribution in [-0.2, 0) is 0 Å². The van der Waals surface area contributed by atoms with E-state index in [0.29, 0.717) is 27.5 Å². The van der Waals surface area contributed by atoms with Gasteiger partial charge in [-0.1, -0.05) is 29.3 Å². The van der Waals surface area contributed by atoms with Gasteiger partial charge in [0, 0.05) is 11.9 Å². The highest BCUT2D eigenvalue weighted by Gasteiger charge is 2.06. The van der Waals surface area contributed by atoms with Gasteiger partial charge in [0.2, 0.25) is 5.95 Å². The lowest BCUT2D eigenvalue weighted by molar-refractivity contribution is 0.415. The molecule has 0 radical (unpaired) electrons. The van der Waals surface area contributed by atoms with Crippen molar-refractivity contribution < 1.29 is 4.74 Å². The molecular formula is C17H14Cl2N4O. The maximum Gasteiger partial charge on any atom is 0.229 e. The smallest absolute Gasteiger partial charge is 0.229 e. The number of rotatable bonds is 5. The van der Waals surface area contributed by atoms with Gasteiger partial charge in [-0.05, 0) is 42.5 Å². The van der Waals surface area contributed by atoms with Gasteiger partial charge in [-0.2, -0.15) is 4.98 Å². The first-order chi connectivity index (χ1) is 11.7. The van der Waals surface area contributed by atoms with E-state index in [2.05, 4.69) is 20.6 Å². The van der Waals surface area contributed by atoms with E-state index in [1.54, 1.807) is 25.4 Å². The van der Waals surface area contributed by atoms with Crippen LogP contribution in [0.1, 0.15) is 0 Å². The maximum atomic E-state index is 6.18. The highest BCUT2D eigenvalue weighted by molar-refractivity contribution is 6.43. The Labute approximate surface area is 149 Å². The number of hydrogen-bond acceptors (Lipinski definition) is 5. The number of nitrogens with zero attached hydrogens (tertiary/aromatic N) is 2. The van der Waals surface area contributed by atoms with Crippen LogP contribution in [0.4, 0.5) is 23.1 Å². The first-order valence-electron chi connectivity index (χ1n) is 7.11. The minimum absolute atomic E-state index is 0.447. The molecule has 0 spiro atoms. The van der Waals surface area contributed by atoms with Crippen molar-refractivity contribution in [1.29, 1.82) is 0 Å². The van der Waals surface area contributed by atoms with Gasteiger partial charge in [-0.15, -0.1) is 0 Å². The molecule has 0 bridgehead atoms. The van der Waals surface area contributed by atoms with Crippen LogP contribution in [0, 0.1) is 0 Å². The van der Waals surface area contributed by atoms with Crippen molar-refractivity contribution in [3.05, 3.63) is 64.8 Å². The second-order valence-corrected chi connectivity index (χ2v) is 5.63. The fourth-order valence-corrected chi connectivity index (χ4v) is 2.38. The summed E-state index contributed by atoms with van der Waals surface area (Å²) in [5.74, 6) is 1.85. The summed E-state index contributed by atoms with van der Waals surface area (Å²) in [6.07, 6.45) is 1.65. The van der Waals surface area contributed by atoms with E-state index in [1.807, 2.05) is 36.4 Å². The molecule has 0 amide bonds. The van der Waals surface area contributed by atoms with Crippen LogP contribution in [0.25, 0.3) is 0 Å². The molecule has 0 unspecified atom stereocenters. The summed E-state index contributed by atoms with van der Waals surface area (Å²) >= 11 is 12.2. The largest absolute Gasteiger partial charge is 0.497 e.